The summed E-state index contributed by atoms with van der Waals surface area (Å²) < 4.78 is 13.5. The lowest BCUT2D eigenvalue weighted by Gasteiger charge is -2.77. The largest absolute Gasteiger partial charge is 0.443 e. The summed E-state index contributed by atoms with van der Waals surface area (Å²) in [5.41, 5.74) is -2.15. The maximum absolute atomic E-state index is 14.4. The zero-order chi connectivity index (χ0) is 25.6. The van der Waals surface area contributed by atoms with Crippen LogP contribution in [0.5, 0.6) is 0 Å². The summed E-state index contributed by atoms with van der Waals surface area (Å²) in [6.07, 6.45) is 6.44. The smallest absolute Gasteiger partial charge is 0.308 e. The summed E-state index contributed by atoms with van der Waals surface area (Å²) in [5.74, 6) is 1.30. The van der Waals surface area contributed by atoms with Gasteiger partial charge in [-0.3, -0.25) is 9.59 Å². The van der Waals surface area contributed by atoms with E-state index in [2.05, 4.69) is 46.4 Å². The minimum Gasteiger partial charge on any atom is -0.443 e. The van der Waals surface area contributed by atoms with Crippen LogP contribution in [0.25, 0.3) is 0 Å². The minimum absolute atomic E-state index is 0.0776. The van der Waals surface area contributed by atoms with E-state index in [9.17, 15) is 14.7 Å². The van der Waals surface area contributed by atoms with Crippen molar-refractivity contribution < 1.29 is 24.2 Å². The Balaban J connectivity index is 1.43. The number of ketones is 1. The Kier molecular flexibility index (Phi) is 4.65. The van der Waals surface area contributed by atoms with E-state index in [4.69, 9.17) is 9.47 Å². The molecule has 36 heavy (non-hydrogen) atoms. The van der Waals surface area contributed by atoms with Crippen LogP contribution >= 0.6 is 0 Å². The monoisotopic (exact) mass is 499 g/mol. The van der Waals surface area contributed by atoms with E-state index in [0.29, 0.717) is 36.9 Å². The molecule has 6 heteroatoms. The number of aliphatic hydroxyl groups is 1. The van der Waals surface area contributed by atoms with Crippen LogP contribution in [0.4, 0.5) is 0 Å². The zero-order valence-electron chi connectivity index (χ0n) is 23.0. The molecule has 3 saturated carbocycles. The number of carbonyl (C=O) groups is 2. The Bertz CT molecular complexity index is 1030. The average Bonchev–Trinajstić information content (AvgIpc) is 3.06. The number of carbonyl (C=O) groups excluding carboxylic acids is 2. The van der Waals surface area contributed by atoms with Gasteiger partial charge < -0.3 is 14.6 Å². The van der Waals surface area contributed by atoms with Crippen molar-refractivity contribution >= 4 is 11.8 Å². The third-order valence-corrected chi connectivity index (χ3v) is 13.4. The molecule has 6 nitrogen and oxygen atoms in total. The van der Waals surface area contributed by atoms with E-state index in [0.717, 1.165) is 38.6 Å². The molecule has 7 fully saturated rings. The molecule has 4 bridgehead atoms. The molecule has 1 N–H and O–H groups in total. The first-order valence-corrected chi connectivity index (χ1v) is 14.7. The first-order chi connectivity index (χ1) is 16.8. The highest BCUT2D eigenvalue weighted by Crippen LogP contribution is 2.78. The van der Waals surface area contributed by atoms with E-state index in [1.54, 1.807) is 0 Å². The molecule has 4 heterocycles. The fourth-order valence-electron chi connectivity index (χ4n) is 11.7. The van der Waals surface area contributed by atoms with Gasteiger partial charge in [0.2, 0.25) is 0 Å². The molecule has 7 aliphatic rings. The van der Waals surface area contributed by atoms with Crippen LogP contribution in [0.2, 0.25) is 0 Å². The number of piperidine rings is 1. The second-order valence-electron chi connectivity index (χ2n) is 15.1. The molecule has 0 aromatic heterocycles. The first-order valence-electron chi connectivity index (χ1n) is 14.7. The molecule has 0 aromatic rings. The lowest BCUT2D eigenvalue weighted by atomic mass is 9.33. The topological polar surface area (TPSA) is 76.1 Å². The molecule has 4 saturated heterocycles. The van der Waals surface area contributed by atoms with E-state index in [-0.39, 0.29) is 58.4 Å². The van der Waals surface area contributed by atoms with E-state index >= 15 is 0 Å². The molecule has 0 aromatic carbocycles. The van der Waals surface area contributed by atoms with Gasteiger partial charge in [-0.25, -0.2) is 4.90 Å². The number of hydrogen-bond donors (Lipinski definition) is 1. The SMILES string of the molecule is CC1C[C@@H]2[C@@H](C[C@H]1O)[C@@H](C)C(=O)[C@H]1[C@@]2(C)C[C@@]23OC(=O)C[C@]1(C)[C@]2(C)CC[C@]12C[C@@H](C)C[C@H](CN13)O2. The van der Waals surface area contributed by atoms with Crippen molar-refractivity contribution in [3.63, 3.8) is 0 Å². The van der Waals surface area contributed by atoms with Crippen molar-refractivity contribution in [1.82, 2.24) is 4.90 Å². The fourth-order valence-corrected chi connectivity index (χ4v) is 11.7. The lowest BCUT2D eigenvalue weighted by Crippen LogP contribution is -2.83. The molecule has 0 radical (unpaired) electrons. The third kappa shape index (κ3) is 2.52. The van der Waals surface area contributed by atoms with Crippen molar-refractivity contribution in [1.29, 1.82) is 0 Å². The van der Waals surface area contributed by atoms with E-state index in [1.807, 2.05) is 0 Å². The van der Waals surface area contributed by atoms with Gasteiger partial charge in [-0.2, -0.15) is 0 Å². The van der Waals surface area contributed by atoms with Crippen LogP contribution in [-0.4, -0.2) is 52.0 Å². The molecule has 0 amide bonds. The maximum Gasteiger partial charge on any atom is 0.308 e. The third-order valence-electron chi connectivity index (χ3n) is 13.4. The van der Waals surface area contributed by atoms with E-state index < -0.39 is 11.1 Å². The van der Waals surface area contributed by atoms with Gasteiger partial charge in [-0.05, 0) is 73.0 Å². The summed E-state index contributed by atoms with van der Waals surface area (Å²) in [7, 11) is 0. The quantitative estimate of drug-likeness (QED) is 0.494. The normalized spacial score (nSPS) is 62.0. The highest BCUT2D eigenvalue weighted by molar-refractivity contribution is 5.88. The van der Waals surface area contributed by atoms with Crippen LogP contribution in [0.1, 0.15) is 92.9 Å². The van der Waals surface area contributed by atoms with Gasteiger partial charge in [0.05, 0.1) is 18.6 Å². The molecule has 3 aliphatic carbocycles. The van der Waals surface area contributed by atoms with E-state index in [1.165, 1.54) is 0 Å². The number of aliphatic hydroxyl groups excluding tert-OH is 1. The Morgan fingerprint density at radius 1 is 1.03 bits per heavy atom. The van der Waals surface area contributed by atoms with Gasteiger partial charge in [0.25, 0.3) is 0 Å². The minimum atomic E-state index is -0.746. The molecule has 1 spiro atoms. The molecule has 200 valence electrons. The van der Waals surface area contributed by atoms with Crippen molar-refractivity contribution in [3.8, 4) is 0 Å². The van der Waals surface area contributed by atoms with Gasteiger partial charge in [0, 0.05) is 30.2 Å². The summed E-state index contributed by atoms with van der Waals surface area (Å²) >= 11 is 0. The molecule has 1 unspecified atom stereocenters. The van der Waals surface area contributed by atoms with Crippen LogP contribution in [0.15, 0.2) is 0 Å². The Labute approximate surface area is 215 Å². The fraction of sp³-hybridized carbons (Fsp3) is 0.933. The van der Waals surface area contributed by atoms with Crippen LogP contribution in [0.3, 0.4) is 0 Å². The summed E-state index contributed by atoms with van der Waals surface area (Å²) in [6.45, 7) is 14.4. The number of rotatable bonds is 0. The highest BCUT2D eigenvalue weighted by Gasteiger charge is 2.82. The second kappa shape index (κ2) is 6.96. The van der Waals surface area contributed by atoms with Crippen LogP contribution in [-0.2, 0) is 19.1 Å². The lowest BCUT2D eigenvalue weighted by molar-refractivity contribution is -0.381. The van der Waals surface area contributed by atoms with Gasteiger partial charge in [0.15, 0.2) is 5.72 Å². The van der Waals surface area contributed by atoms with Gasteiger partial charge >= 0.3 is 5.97 Å². The standard InChI is InChI=1S/C30H45NO5/c1-16-9-19-14-31-29(12-16,35-19)8-7-28(6)27(5)13-23(33)36-30(28,31)15-26(4)21-10-17(2)22(32)11-20(21)18(3)24(34)25(26)27/h16-22,25,32H,7-15H2,1-6H3/t16-,17?,18+,19+,20-,21+,22+,25-,26-,27-,28-,29-,30+/m0/s1. The molecular weight excluding hydrogens is 454 g/mol. The van der Waals surface area contributed by atoms with Crippen molar-refractivity contribution in [2.45, 2.75) is 117 Å². The number of nitrogens with zero attached hydrogens (tertiary/aromatic N) is 1. The summed E-state index contributed by atoms with van der Waals surface area (Å²) in [5, 5.41) is 10.8. The number of esters is 1. The molecular formula is C30H45NO5. The Morgan fingerprint density at radius 2 is 1.78 bits per heavy atom. The van der Waals surface area contributed by atoms with Crippen LogP contribution in [0, 0.1) is 51.8 Å². The van der Waals surface area contributed by atoms with Crippen molar-refractivity contribution in [3.05, 3.63) is 0 Å². The van der Waals surface area contributed by atoms with Crippen molar-refractivity contribution in [2.24, 2.45) is 51.8 Å². The predicted molar refractivity (Wildman–Crippen MR) is 133 cm³/mol. The highest BCUT2D eigenvalue weighted by atomic mass is 16.6. The first kappa shape index (κ1) is 24.1. The second-order valence-corrected chi connectivity index (χ2v) is 15.1. The molecule has 7 rings (SSSR count). The molecule has 13 atom stereocenters. The van der Waals surface area contributed by atoms with Gasteiger partial charge in [-0.15, -0.1) is 0 Å². The zero-order valence-corrected chi connectivity index (χ0v) is 23.0. The molecule has 4 aliphatic heterocycles. The van der Waals surface area contributed by atoms with Gasteiger partial charge in [-0.1, -0.05) is 41.5 Å². The van der Waals surface area contributed by atoms with Crippen molar-refractivity contribution in [2.75, 3.05) is 6.54 Å². The summed E-state index contributed by atoms with van der Waals surface area (Å²) in [4.78, 5) is 30.5. The predicted octanol–water partition coefficient (Wildman–Crippen LogP) is 4.53. The number of ether oxygens (including phenoxy) is 2. The Morgan fingerprint density at radius 3 is 2.53 bits per heavy atom. The van der Waals surface area contributed by atoms with Gasteiger partial charge in [0.1, 0.15) is 11.5 Å². The Hall–Kier alpha value is -0.980. The summed E-state index contributed by atoms with van der Waals surface area (Å²) in [6, 6.07) is 0. The maximum atomic E-state index is 14.4. The van der Waals surface area contributed by atoms with Crippen LogP contribution < -0.4 is 0 Å². The average molecular weight is 500 g/mol. The number of hydrogen-bond acceptors (Lipinski definition) is 6. The number of Topliss-reactive ketones (excluding diaryl/α,β-unsaturated/α-hetero) is 1. The number of fused-ring (bicyclic) bond motifs is 5.